The Morgan fingerprint density at radius 2 is 0.740 bits per heavy atom. The smallest absolute Gasteiger partial charge is 0.361 e. The molecule has 0 aliphatic rings. The first kappa shape index (κ1) is 70.8. The van der Waals surface area contributed by atoms with Crippen LogP contribution in [0, 0.1) is 0 Å². The molecule has 0 bridgehead atoms. The minimum atomic E-state index is -1.50. The van der Waals surface area contributed by atoms with Gasteiger partial charge in [-0.05, 0) is 44.9 Å². The van der Waals surface area contributed by atoms with Crippen molar-refractivity contribution in [3.63, 3.8) is 0 Å². The lowest BCUT2D eigenvalue weighted by Crippen LogP contribution is -2.40. The maximum absolute atomic E-state index is 12.9. The Hall–Kier alpha value is -2.23. The van der Waals surface area contributed by atoms with E-state index in [0.717, 1.165) is 44.9 Å². The van der Waals surface area contributed by atoms with Crippen LogP contribution < -0.4 is 0 Å². The first-order valence-electron chi connectivity index (χ1n) is 31.5. The average molecular weight is 1030 g/mol. The van der Waals surface area contributed by atoms with E-state index < -0.39 is 18.4 Å². The molecule has 2 unspecified atom stereocenters. The number of unbranched alkanes of at least 4 members (excludes halogenated alkanes) is 40. The van der Waals surface area contributed by atoms with E-state index in [1.165, 1.54) is 238 Å². The number of aliphatic carboxylic acids is 1. The number of hydrogen-bond acceptors (Lipinski definition) is 7. The Morgan fingerprint density at radius 1 is 0.411 bits per heavy atom. The summed E-state index contributed by atoms with van der Waals surface area (Å²) in [6, 6.07) is 0. The summed E-state index contributed by atoms with van der Waals surface area (Å²) in [6.07, 6.45) is 64.3. The summed E-state index contributed by atoms with van der Waals surface area (Å²) in [5, 5.41) is 9.69. The number of nitrogens with zero attached hydrogens (tertiary/aromatic N) is 1. The van der Waals surface area contributed by atoms with Gasteiger partial charge in [-0.1, -0.05) is 276 Å². The predicted molar refractivity (Wildman–Crippen MR) is 309 cm³/mol. The second-order valence-electron chi connectivity index (χ2n) is 22.7. The van der Waals surface area contributed by atoms with Crippen LogP contribution in [0.15, 0.2) is 24.3 Å². The molecule has 0 aliphatic heterocycles. The van der Waals surface area contributed by atoms with E-state index in [1.54, 1.807) is 0 Å². The fraction of sp³-hybridized carbons (Fsp3) is 0.891. The van der Waals surface area contributed by atoms with Crippen LogP contribution in [0.3, 0.4) is 0 Å². The second-order valence-corrected chi connectivity index (χ2v) is 22.7. The standard InChI is InChI=1S/C64H121NO8/c1-6-8-10-12-14-16-18-20-21-22-23-24-25-26-27-28-29-30-31-32-33-34-35-36-37-38-39-40-41-43-45-47-49-51-53-55-62(67)73-60(59-72-64(63(68)69)70-57-56-65(3,4)5)58-71-61(66)54-52-50-48-46-44-42-19-17-15-13-11-9-7-2/h18,20,22-23,60,64H,6-17,19,21,24-59H2,1-5H3/p+1/b20-18-,23-22-. The molecular weight excluding hydrogens is 911 g/mol. The molecule has 9 heteroatoms. The van der Waals surface area contributed by atoms with Gasteiger partial charge < -0.3 is 28.5 Å². The second kappa shape index (κ2) is 56.0. The highest BCUT2D eigenvalue weighted by Crippen LogP contribution is 2.18. The van der Waals surface area contributed by atoms with Crippen molar-refractivity contribution in [2.24, 2.45) is 0 Å². The van der Waals surface area contributed by atoms with E-state index in [4.69, 9.17) is 18.9 Å². The molecule has 1 N–H and O–H groups in total. The number of ether oxygens (including phenoxy) is 4. The van der Waals surface area contributed by atoms with Gasteiger partial charge in [-0.25, -0.2) is 4.79 Å². The summed E-state index contributed by atoms with van der Waals surface area (Å²) in [6.45, 7) is 4.91. The average Bonchev–Trinajstić information content (AvgIpc) is 3.36. The molecule has 0 aromatic rings. The monoisotopic (exact) mass is 1030 g/mol. The van der Waals surface area contributed by atoms with Gasteiger partial charge in [0.2, 0.25) is 0 Å². The van der Waals surface area contributed by atoms with E-state index in [0.29, 0.717) is 17.4 Å². The number of carbonyl (C=O) groups excluding carboxylic acids is 2. The Morgan fingerprint density at radius 3 is 1.08 bits per heavy atom. The third-order valence-corrected chi connectivity index (χ3v) is 14.2. The van der Waals surface area contributed by atoms with Crippen LogP contribution in [-0.2, 0) is 33.3 Å². The van der Waals surface area contributed by atoms with Gasteiger partial charge in [-0.3, -0.25) is 9.59 Å². The lowest BCUT2D eigenvalue weighted by Gasteiger charge is -2.25. The highest BCUT2D eigenvalue weighted by Gasteiger charge is 2.25. The molecule has 0 saturated heterocycles. The topological polar surface area (TPSA) is 108 Å². The van der Waals surface area contributed by atoms with Gasteiger partial charge in [-0.15, -0.1) is 0 Å². The Bertz CT molecular complexity index is 1250. The van der Waals surface area contributed by atoms with Gasteiger partial charge in [0.1, 0.15) is 13.2 Å². The molecule has 0 amide bonds. The Kier molecular flexibility index (Phi) is 54.3. The summed E-state index contributed by atoms with van der Waals surface area (Å²) >= 11 is 0. The first-order valence-corrected chi connectivity index (χ1v) is 31.5. The van der Waals surface area contributed by atoms with Crippen LogP contribution in [0.4, 0.5) is 0 Å². The predicted octanol–water partition coefficient (Wildman–Crippen LogP) is 18.7. The summed E-state index contributed by atoms with van der Waals surface area (Å²) < 4.78 is 22.9. The number of likely N-dealkylation sites (N-methyl/N-ethyl adjacent to an activating group) is 1. The molecule has 430 valence electrons. The minimum Gasteiger partial charge on any atom is -0.477 e. The summed E-state index contributed by atoms with van der Waals surface area (Å²) in [7, 11) is 5.98. The number of rotatable bonds is 59. The maximum Gasteiger partial charge on any atom is 0.361 e. The number of carbonyl (C=O) groups is 3. The van der Waals surface area contributed by atoms with E-state index in [1.807, 2.05) is 21.1 Å². The Balaban J connectivity index is 3.98. The first-order chi connectivity index (χ1) is 35.6. The molecule has 0 aromatic carbocycles. The molecular formula is C64H122NO8+. The van der Waals surface area contributed by atoms with Crippen molar-refractivity contribution in [1.29, 1.82) is 0 Å². The molecule has 0 saturated carbocycles. The zero-order chi connectivity index (χ0) is 53.4. The van der Waals surface area contributed by atoms with Crippen LogP contribution in [0.1, 0.15) is 309 Å². The number of hydrogen-bond donors (Lipinski definition) is 1. The number of quaternary nitrogens is 1. The molecule has 0 aromatic heterocycles. The van der Waals surface area contributed by atoms with E-state index in [2.05, 4.69) is 38.2 Å². The fourth-order valence-corrected chi connectivity index (χ4v) is 9.34. The van der Waals surface area contributed by atoms with Crippen molar-refractivity contribution in [2.45, 2.75) is 322 Å². The maximum atomic E-state index is 12.9. The van der Waals surface area contributed by atoms with Crippen molar-refractivity contribution in [2.75, 3.05) is 47.5 Å². The van der Waals surface area contributed by atoms with Crippen molar-refractivity contribution < 1.29 is 42.9 Å². The number of esters is 2. The molecule has 0 aliphatic carbocycles. The fourth-order valence-electron chi connectivity index (χ4n) is 9.34. The third-order valence-electron chi connectivity index (χ3n) is 14.2. The Labute approximate surface area is 452 Å². The highest BCUT2D eigenvalue weighted by atomic mass is 16.7. The number of carboxylic acids is 1. The lowest BCUT2D eigenvalue weighted by molar-refractivity contribution is -0.870. The summed E-state index contributed by atoms with van der Waals surface area (Å²) in [5.41, 5.74) is 0. The van der Waals surface area contributed by atoms with Crippen LogP contribution in [0.2, 0.25) is 0 Å². The van der Waals surface area contributed by atoms with Crippen LogP contribution in [0.5, 0.6) is 0 Å². The van der Waals surface area contributed by atoms with Crippen LogP contribution in [-0.4, -0.2) is 87.4 Å². The van der Waals surface area contributed by atoms with Crippen molar-refractivity contribution >= 4 is 17.9 Å². The minimum absolute atomic E-state index is 0.175. The molecule has 73 heavy (non-hydrogen) atoms. The van der Waals surface area contributed by atoms with Crippen LogP contribution in [0.25, 0.3) is 0 Å². The van der Waals surface area contributed by atoms with Gasteiger partial charge in [0, 0.05) is 12.8 Å². The van der Waals surface area contributed by atoms with Gasteiger partial charge in [-0.2, -0.15) is 0 Å². The van der Waals surface area contributed by atoms with E-state index in [9.17, 15) is 19.5 Å². The van der Waals surface area contributed by atoms with Gasteiger partial charge in [0.15, 0.2) is 6.10 Å². The molecule has 0 rings (SSSR count). The zero-order valence-electron chi connectivity index (χ0n) is 49.1. The zero-order valence-corrected chi connectivity index (χ0v) is 49.1. The number of carboxylic acid groups (broad SMARTS) is 1. The van der Waals surface area contributed by atoms with Gasteiger partial charge in [0.05, 0.1) is 34.4 Å². The summed E-state index contributed by atoms with van der Waals surface area (Å²) in [5.74, 6) is -1.98. The van der Waals surface area contributed by atoms with Gasteiger partial charge >= 0.3 is 17.9 Å². The SMILES string of the molecule is CCCCCCC/C=C\C/C=C\CCCCCCCCCCCCCCCCCCCCCCCCCC(=O)OC(COC(=O)CCCCCCCCCCCCCCC)COC(OCC[N+](C)(C)C)C(=O)O. The van der Waals surface area contributed by atoms with Crippen molar-refractivity contribution in [3.8, 4) is 0 Å². The lowest BCUT2D eigenvalue weighted by atomic mass is 10.0. The third kappa shape index (κ3) is 57.3. The molecule has 9 nitrogen and oxygen atoms in total. The summed E-state index contributed by atoms with van der Waals surface area (Å²) in [4.78, 5) is 37.4. The normalized spacial score (nSPS) is 12.8. The van der Waals surface area contributed by atoms with E-state index in [-0.39, 0.29) is 38.2 Å². The van der Waals surface area contributed by atoms with Crippen molar-refractivity contribution in [1.82, 2.24) is 0 Å². The quantitative estimate of drug-likeness (QED) is 0.0211. The molecule has 0 spiro atoms. The van der Waals surface area contributed by atoms with Crippen LogP contribution >= 0.6 is 0 Å². The molecule has 0 fully saturated rings. The number of allylic oxidation sites excluding steroid dienone is 4. The van der Waals surface area contributed by atoms with Gasteiger partial charge in [0.25, 0.3) is 6.29 Å². The van der Waals surface area contributed by atoms with Crippen molar-refractivity contribution in [3.05, 3.63) is 24.3 Å². The largest absolute Gasteiger partial charge is 0.477 e. The molecule has 0 heterocycles. The molecule has 0 radical (unpaired) electrons. The molecule has 2 atom stereocenters. The van der Waals surface area contributed by atoms with E-state index >= 15 is 0 Å². The highest BCUT2D eigenvalue weighted by molar-refractivity contribution is 5.71.